The number of esters is 1. The normalized spacial score (nSPS) is 24.9. The number of carbonyl (C=O) groups excluding carboxylic acids is 1. The third kappa shape index (κ3) is 4.25. The van der Waals surface area contributed by atoms with Crippen molar-refractivity contribution in [1.82, 2.24) is 10.2 Å². The van der Waals surface area contributed by atoms with Gasteiger partial charge >= 0.3 is 5.97 Å². The van der Waals surface area contributed by atoms with E-state index in [1.807, 2.05) is 13.8 Å². The van der Waals surface area contributed by atoms with Gasteiger partial charge in [-0.25, -0.2) is 0 Å². The lowest BCUT2D eigenvalue weighted by molar-refractivity contribution is -0.144. The number of nitrogens with zero attached hydrogens (tertiary/aromatic N) is 1. The van der Waals surface area contributed by atoms with Gasteiger partial charge in [0.05, 0.1) is 7.11 Å². The molecule has 4 heteroatoms. The van der Waals surface area contributed by atoms with Crippen molar-refractivity contribution in [2.75, 3.05) is 27.2 Å². The molecule has 0 aliphatic carbocycles. The van der Waals surface area contributed by atoms with Crippen LogP contribution < -0.4 is 5.32 Å². The Hall–Kier alpha value is -0.610. The van der Waals surface area contributed by atoms with Crippen LogP contribution in [0.1, 0.15) is 33.6 Å². The quantitative estimate of drug-likeness (QED) is 0.757. The van der Waals surface area contributed by atoms with Gasteiger partial charge in [0.1, 0.15) is 6.04 Å². The monoisotopic (exact) mass is 256 g/mol. The van der Waals surface area contributed by atoms with E-state index in [-0.39, 0.29) is 17.9 Å². The van der Waals surface area contributed by atoms with Crippen LogP contribution in [0.5, 0.6) is 0 Å². The zero-order valence-electron chi connectivity index (χ0n) is 12.4. The summed E-state index contributed by atoms with van der Waals surface area (Å²) in [6.45, 7) is 8.58. The van der Waals surface area contributed by atoms with Gasteiger partial charge in [0.25, 0.3) is 0 Å². The highest BCUT2D eigenvalue weighted by Crippen LogP contribution is 2.19. The van der Waals surface area contributed by atoms with Crippen LogP contribution >= 0.6 is 0 Å². The molecule has 1 fully saturated rings. The second-order valence-electron chi connectivity index (χ2n) is 5.86. The van der Waals surface area contributed by atoms with E-state index in [0.717, 1.165) is 6.54 Å². The first kappa shape index (κ1) is 15.4. The maximum absolute atomic E-state index is 11.7. The first-order chi connectivity index (χ1) is 8.45. The van der Waals surface area contributed by atoms with Gasteiger partial charge in [-0.05, 0) is 45.2 Å². The fourth-order valence-corrected chi connectivity index (χ4v) is 2.69. The minimum atomic E-state index is -0.197. The molecule has 0 bridgehead atoms. The van der Waals surface area contributed by atoms with Crippen LogP contribution in [0, 0.1) is 11.8 Å². The molecule has 3 atom stereocenters. The van der Waals surface area contributed by atoms with Crippen molar-refractivity contribution >= 4 is 5.97 Å². The summed E-state index contributed by atoms with van der Waals surface area (Å²) in [5, 5.41) is 3.46. The summed E-state index contributed by atoms with van der Waals surface area (Å²) < 4.78 is 4.87. The molecule has 1 rings (SSSR count). The van der Waals surface area contributed by atoms with Crippen molar-refractivity contribution in [3.8, 4) is 0 Å². The summed E-state index contributed by atoms with van der Waals surface area (Å²) >= 11 is 0. The molecule has 1 saturated heterocycles. The number of hydrogen-bond donors (Lipinski definition) is 1. The second-order valence-corrected chi connectivity index (χ2v) is 5.86. The van der Waals surface area contributed by atoms with E-state index in [9.17, 15) is 4.79 Å². The Labute approximate surface area is 111 Å². The van der Waals surface area contributed by atoms with Crippen LogP contribution in [-0.4, -0.2) is 50.2 Å². The molecule has 0 aromatic rings. The van der Waals surface area contributed by atoms with Crippen molar-refractivity contribution in [2.24, 2.45) is 11.8 Å². The molecule has 0 aromatic heterocycles. The van der Waals surface area contributed by atoms with Crippen molar-refractivity contribution in [1.29, 1.82) is 0 Å². The van der Waals surface area contributed by atoms with Crippen LogP contribution in [-0.2, 0) is 9.53 Å². The molecule has 1 aliphatic heterocycles. The number of rotatable bonds is 5. The Bertz CT molecular complexity index is 269. The number of ether oxygens (including phenoxy) is 1. The molecule has 1 aliphatic rings. The Morgan fingerprint density at radius 2 is 2.06 bits per heavy atom. The van der Waals surface area contributed by atoms with Crippen LogP contribution in [0.25, 0.3) is 0 Å². The molecule has 1 N–H and O–H groups in total. The molecule has 18 heavy (non-hydrogen) atoms. The van der Waals surface area contributed by atoms with Gasteiger partial charge in [-0.1, -0.05) is 13.8 Å². The minimum Gasteiger partial charge on any atom is -0.468 e. The van der Waals surface area contributed by atoms with E-state index in [4.69, 9.17) is 4.74 Å². The van der Waals surface area contributed by atoms with Gasteiger partial charge in [0, 0.05) is 12.6 Å². The molecule has 0 saturated carbocycles. The SMILES string of the molecule is COC(=O)[C@@H](NC(C)C1CCCN(C)C1)C(C)C. The largest absolute Gasteiger partial charge is 0.468 e. The average Bonchev–Trinajstić information content (AvgIpc) is 2.34. The van der Waals surface area contributed by atoms with Crippen molar-refractivity contribution < 1.29 is 9.53 Å². The first-order valence-electron chi connectivity index (χ1n) is 6.98. The average molecular weight is 256 g/mol. The first-order valence-corrected chi connectivity index (χ1v) is 6.98. The summed E-state index contributed by atoms with van der Waals surface area (Å²) in [5.41, 5.74) is 0. The van der Waals surface area contributed by atoms with E-state index < -0.39 is 0 Å². The summed E-state index contributed by atoms with van der Waals surface area (Å²) in [6.07, 6.45) is 2.49. The van der Waals surface area contributed by atoms with E-state index in [1.165, 1.54) is 26.5 Å². The molecule has 0 amide bonds. The molecule has 1 heterocycles. The molecule has 0 aromatic carbocycles. The molecular weight excluding hydrogens is 228 g/mol. The topological polar surface area (TPSA) is 41.6 Å². The highest BCUT2D eigenvalue weighted by atomic mass is 16.5. The predicted octanol–water partition coefficient (Wildman–Crippen LogP) is 1.50. The third-order valence-corrected chi connectivity index (χ3v) is 3.93. The number of piperidine rings is 1. The lowest BCUT2D eigenvalue weighted by Gasteiger charge is -2.36. The van der Waals surface area contributed by atoms with Gasteiger partial charge in [0.2, 0.25) is 0 Å². The molecule has 0 spiro atoms. The maximum Gasteiger partial charge on any atom is 0.323 e. The standard InChI is InChI=1S/C14H28N2O2/c1-10(2)13(14(17)18-5)15-11(3)12-7-6-8-16(4)9-12/h10-13,15H,6-9H2,1-5H3/t11?,12?,13-/m0/s1. The number of carbonyl (C=O) groups is 1. The van der Waals surface area contributed by atoms with Crippen LogP contribution in [0.2, 0.25) is 0 Å². The number of methoxy groups -OCH3 is 1. The highest BCUT2D eigenvalue weighted by Gasteiger charge is 2.29. The zero-order chi connectivity index (χ0) is 13.7. The van der Waals surface area contributed by atoms with Gasteiger partial charge in [0.15, 0.2) is 0 Å². The molecule has 4 nitrogen and oxygen atoms in total. The van der Waals surface area contributed by atoms with Crippen LogP contribution in [0.3, 0.4) is 0 Å². The van der Waals surface area contributed by atoms with Crippen molar-refractivity contribution in [3.05, 3.63) is 0 Å². The number of likely N-dealkylation sites (tertiary alicyclic amines) is 1. The fourth-order valence-electron chi connectivity index (χ4n) is 2.69. The summed E-state index contributed by atoms with van der Waals surface area (Å²) in [5.74, 6) is 0.719. The number of hydrogen-bond acceptors (Lipinski definition) is 4. The molecular formula is C14H28N2O2. The smallest absolute Gasteiger partial charge is 0.323 e. The molecule has 106 valence electrons. The minimum absolute atomic E-state index is 0.152. The molecule has 2 unspecified atom stereocenters. The van der Waals surface area contributed by atoms with Crippen LogP contribution in [0.15, 0.2) is 0 Å². The second kappa shape index (κ2) is 7.10. The maximum atomic E-state index is 11.7. The van der Waals surface area contributed by atoms with Crippen molar-refractivity contribution in [3.63, 3.8) is 0 Å². The van der Waals surface area contributed by atoms with E-state index in [2.05, 4.69) is 24.2 Å². The van der Waals surface area contributed by atoms with E-state index in [0.29, 0.717) is 12.0 Å². The fraction of sp³-hybridized carbons (Fsp3) is 0.929. The summed E-state index contributed by atoms with van der Waals surface area (Å²) in [6, 6.07) is 0.150. The summed E-state index contributed by atoms with van der Waals surface area (Å²) in [7, 11) is 3.62. The van der Waals surface area contributed by atoms with E-state index in [1.54, 1.807) is 0 Å². The van der Waals surface area contributed by atoms with Gasteiger partial charge in [-0.15, -0.1) is 0 Å². The Kier molecular flexibility index (Phi) is 6.09. The lowest BCUT2D eigenvalue weighted by Crippen LogP contribution is -2.51. The summed E-state index contributed by atoms with van der Waals surface area (Å²) in [4.78, 5) is 14.1. The van der Waals surface area contributed by atoms with E-state index >= 15 is 0 Å². The van der Waals surface area contributed by atoms with Gasteiger partial charge in [-0.3, -0.25) is 4.79 Å². The zero-order valence-corrected chi connectivity index (χ0v) is 12.4. The Balaban J connectivity index is 2.54. The Morgan fingerprint density at radius 3 is 2.56 bits per heavy atom. The van der Waals surface area contributed by atoms with Crippen LogP contribution in [0.4, 0.5) is 0 Å². The van der Waals surface area contributed by atoms with Gasteiger partial charge in [-0.2, -0.15) is 0 Å². The van der Waals surface area contributed by atoms with Gasteiger partial charge < -0.3 is 15.0 Å². The highest BCUT2D eigenvalue weighted by molar-refractivity contribution is 5.75. The Morgan fingerprint density at radius 1 is 1.39 bits per heavy atom. The third-order valence-electron chi connectivity index (χ3n) is 3.93. The lowest BCUT2D eigenvalue weighted by atomic mass is 9.90. The van der Waals surface area contributed by atoms with Crippen molar-refractivity contribution in [2.45, 2.75) is 45.7 Å². The number of nitrogens with one attached hydrogen (secondary N) is 1. The molecule has 0 radical (unpaired) electrons. The predicted molar refractivity (Wildman–Crippen MR) is 73.5 cm³/mol.